The lowest BCUT2D eigenvalue weighted by Crippen LogP contribution is -2.40. The molecule has 0 saturated carbocycles. The van der Waals surface area contributed by atoms with Crippen molar-refractivity contribution in [3.8, 4) is 5.75 Å². The van der Waals surface area contributed by atoms with Crippen LogP contribution < -0.4 is 4.74 Å². The molecule has 0 radical (unpaired) electrons. The summed E-state index contributed by atoms with van der Waals surface area (Å²) < 4.78 is 34.5. The Kier molecular flexibility index (Phi) is 6.08. The van der Waals surface area contributed by atoms with Gasteiger partial charge in [-0.05, 0) is 18.2 Å². The predicted octanol–water partition coefficient (Wildman–Crippen LogP) is 2.53. The highest BCUT2D eigenvalue weighted by Gasteiger charge is 2.22. The number of oxazole rings is 1. The van der Waals surface area contributed by atoms with Crippen LogP contribution >= 0.6 is 11.6 Å². The summed E-state index contributed by atoms with van der Waals surface area (Å²) in [5, 5.41) is 0.141. The van der Waals surface area contributed by atoms with Crippen molar-refractivity contribution in [3.05, 3.63) is 46.9 Å². The molecule has 140 valence electrons. The van der Waals surface area contributed by atoms with Crippen molar-refractivity contribution in [2.75, 3.05) is 33.4 Å². The zero-order chi connectivity index (χ0) is 18.5. The third kappa shape index (κ3) is 4.72. The number of hydrogen-bond acceptors (Lipinski definition) is 6. The van der Waals surface area contributed by atoms with Gasteiger partial charge in [0.05, 0.1) is 30.9 Å². The topological polar surface area (TPSA) is 74.0 Å². The second-order valence-corrected chi connectivity index (χ2v) is 6.15. The maximum absolute atomic E-state index is 13.0. The quantitative estimate of drug-likeness (QED) is 0.762. The van der Waals surface area contributed by atoms with Crippen molar-refractivity contribution >= 4 is 17.5 Å². The first-order valence-corrected chi connectivity index (χ1v) is 8.38. The van der Waals surface area contributed by atoms with E-state index in [0.29, 0.717) is 32.1 Å². The first-order chi connectivity index (χ1) is 12.5. The van der Waals surface area contributed by atoms with E-state index >= 15 is 0 Å². The van der Waals surface area contributed by atoms with Gasteiger partial charge in [0.25, 0.3) is 5.91 Å². The van der Waals surface area contributed by atoms with Crippen molar-refractivity contribution in [2.45, 2.75) is 12.7 Å². The molecule has 7 nitrogen and oxygen atoms in total. The normalized spacial score (nSPS) is 17.1. The van der Waals surface area contributed by atoms with Gasteiger partial charge in [-0.15, -0.1) is 0 Å². The van der Waals surface area contributed by atoms with Crippen molar-refractivity contribution in [3.63, 3.8) is 0 Å². The molecule has 0 spiro atoms. The molecule has 0 N–H and O–H groups in total. The lowest BCUT2D eigenvalue weighted by atomic mass is 10.3. The number of carbonyl (C=O) groups is 1. The summed E-state index contributed by atoms with van der Waals surface area (Å²) in [4.78, 5) is 18.0. The number of likely N-dealkylation sites (N-methyl/N-ethyl adjacent to an activating group) is 1. The highest BCUT2D eigenvalue weighted by molar-refractivity contribution is 6.32. The van der Waals surface area contributed by atoms with Gasteiger partial charge in [-0.2, -0.15) is 0 Å². The van der Waals surface area contributed by atoms with Crippen LogP contribution in [-0.4, -0.2) is 55.3 Å². The lowest BCUT2D eigenvalue weighted by molar-refractivity contribution is -0.0933. The van der Waals surface area contributed by atoms with Gasteiger partial charge in [0, 0.05) is 13.6 Å². The van der Waals surface area contributed by atoms with E-state index in [1.807, 2.05) is 0 Å². The molecule has 26 heavy (non-hydrogen) atoms. The number of hydrogen-bond donors (Lipinski definition) is 0. The molecule has 9 heteroatoms. The minimum atomic E-state index is -0.457. The lowest BCUT2D eigenvalue weighted by Gasteiger charge is -2.27. The molecule has 0 aliphatic carbocycles. The van der Waals surface area contributed by atoms with Crippen LogP contribution in [0.25, 0.3) is 0 Å². The number of ether oxygens (including phenoxy) is 3. The van der Waals surface area contributed by atoms with Gasteiger partial charge in [0.2, 0.25) is 5.89 Å². The van der Waals surface area contributed by atoms with Crippen LogP contribution in [0.3, 0.4) is 0 Å². The Morgan fingerprint density at radius 3 is 3.04 bits per heavy atom. The minimum absolute atomic E-state index is 0.0398. The maximum atomic E-state index is 13.0. The van der Waals surface area contributed by atoms with Crippen LogP contribution in [0.2, 0.25) is 5.02 Å². The van der Waals surface area contributed by atoms with Gasteiger partial charge >= 0.3 is 0 Å². The number of rotatable bonds is 6. The fraction of sp³-hybridized carbons (Fsp3) is 0.412. The van der Waals surface area contributed by atoms with Crippen LogP contribution in [0.4, 0.5) is 4.39 Å². The molecule has 1 amide bonds. The van der Waals surface area contributed by atoms with Gasteiger partial charge in [-0.3, -0.25) is 4.79 Å². The second-order valence-electron chi connectivity index (χ2n) is 5.74. The molecule has 1 aromatic carbocycles. The van der Waals surface area contributed by atoms with Gasteiger partial charge < -0.3 is 23.5 Å². The Morgan fingerprint density at radius 1 is 1.46 bits per heavy atom. The summed E-state index contributed by atoms with van der Waals surface area (Å²) in [6, 6.07) is 3.79. The van der Waals surface area contributed by atoms with E-state index in [9.17, 15) is 9.18 Å². The van der Waals surface area contributed by atoms with Crippen LogP contribution in [0.1, 0.15) is 16.4 Å². The summed E-state index contributed by atoms with van der Waals surface area (Å²) in [5.74, 6) is -0.249. The Bertz CT molecular complexity index is 763. The van der Waals surface area contributed by atoms with E-state index in [1.54, 1.807) is 7.05 Å². The van der Waals surface area contributed by atoms with Crippen molar-refractivity contribution < 1.29 is 27.8 Å². The summed E-state index contributed by atoms with van der Waals surface area (Å²) in [5.41, 5.74) is 0.160. The van der Waals surface area contributed by atoms with Crippen molar-refractivity contribution in [2.24, 2.45) is 0 Å². The average molecular weight is 385 g/mol. The number of nitrogens with zero attached hydrogens (tertiary/aromatic N) is 2. The zero-order valence-electron chi connectivity index (χ0n) is 14.1. The van der Waals surface area contributed by atoms with Gasteiger partial charge in [0.1, 0.15) is 17.8 Å². The van der Waals surface area contributed by atoms with E-state index in [2.05, 4.69) is 4.98 Å². The average Bonchev–Trinajstić information content (AvgIpc) is 3.10. The third-order valence-corrected chi connectivity index (χ3v) is 4.02. The molecule has 1 aliphatic rings. The minimum Gasteiger partial charge on any atom is -0.482 e. The van der Waals surface area contributed by atoms with E-state index in [-0.39, 0.29) is 35.2 Å². The number of halogens is 2. The summed E-state index contributed by atoms with van der Waals surface area (Å²) in [6.45, 7) is 1.89. The predicted molar refractivity (Wildman–Crippen MR) is 89.8 cm³/mol. The molecule has 0 unspecified atom stereocenters. The summed E-state index contributed by atoms with van der Waals surface area (Å²) in [6.07, 6.45) is 1.11. The van der Waals surface area contributed by atoms with E-state index in [0.717, 1.165) is 6.07 Å². The Labute approximate surface area is 154 Å². The smallest absolute Gasteiger partial charge is 0.275 e. The molecule has 2 aromatic rings. The SMILES string of the molecule is CN(C[C@H]1COCCO1)C(=O)c1coc(COc2ccc(F)cc2Cl)n1. The fourth-order valence-corrected chi connectivity index (χ4v) is 2.65. The molecule has 3 rings (SSSR count). The number of amides is 1. The van der Waals surface area contributed by atoms with E-state index < -0.39 is 5.82 Å². The first kappa shape index (κ1) is 18.6. The molecule has 1 atom stereocenters. The van der Waals surface area contributed by atoms with Crippen LogP contribution in [0.15, 0.2) is 28.9 Å². The molecule has 1 aromatic heterocycles. The Balaban J connectivity index is 1.55. The Hall–Kier alpha value is -2.16. The van der Waals surface area contributed by atoms with Crippen molar-refractivity contribution in [1.82, 2.24) is 9.88 Å². The first-order valence-electron chi connectivity index (χ1n) is 8.00. The largest absolute Gasteiger partial charge is 0.482 e. The summed E-state index contributed by atoms with van der Waals surface area (Å²) in [7, 11) is 1.66. The van der Waals surface area contributed by atoms with Gasteiger partial charge in [0.15, 0.2) is 12.3 Å². The van der Waals surface area contributed by atoms with Gasteiger partial charge in [-0.25, -0.2) is 9.37 Å². The molecular formula is C17H18ClFN2O5. The second kappa shape index (κ2) is 8.48. The summed E-state index contributed by atoms with van der Waals surface area (Å²) >= 11 is 5.89. The zero-order valence-corrected chi connectivity index (χ0v) is 14.9. The monoisotopic (exact) mass is 384 g/mol. The third-order valence-electron chi connectivity index (χ3n) is 3.73. The fourth-order valence-electron chi connectivity index (χ4n) is 2.43. The highest BCUT2D eigenvalue weighted by Crippen LogP contribution is 2.25. The number of carbonyl (C=O) groups excluding carboxylic acids is 1. The molecular weight excluding hydrogens is 367 g/mol. The standard InChI is InChI=1S/C17H18ClFN2O5/c1-21(7-12-8-23-4-5-24-12)17(22)14-9-26-16(20-14)10-25-15-3-2-11(19)6-13(15)18/h2-3,6,9,12H,4-5,7-8,10H2,1H3/t12-/m0/s1. The van der Waals surface area contributed by atoms with E-state index in [1.165, 1.54) is 23.3 Å². The van der Waals surface area contributed by atoms with E-state index in [4.69, 9.17) is 30.2 Å². The van der Waals surface area contributed by atoms with Crippen LogP contribution in [0.5, 0.6) is 5.75 Å². The van der Waals surface area contributed by atoms with Crippen LogP contribution in [-0.2, 0) is 16.1 Å². The Morgan fingerprint density at radius 2 is 2.31 bits per heavy atom. The molecule has 1 fully saturated rings. The molecule has 2 heterocycles. The molecule has 1 aliphatic heterocycles. The molecule has 1 saturated heterocycles. The number of aromatic nitrogens is 1. The number of benzene rings is 1. The maximum Gasteiger partial charge on any atom is 0.275 e. The van der Waals surface area contributed by atoms with Crippen LogP contribution in [0, 0.1) is 5.82 Å². The van der Waals surface area contributed by atoms with Crippen molar-refractivity contribution in [1.29, 1.82) is 0 Å². The van der Waals surface area contributed by atoms with Gasteiger partial charge in [-0.1, -0.05) is 11.6 Å². The highest BCUT2D eigenvalue weighted by atomic mass is 35.5. The molecule has 0 bridgehead atoms.